The summed E-state index contributed by atoms with van der Waals surface area (Å²) in [6.07, 6.45) is 5.37. The van der Waals surface area contributed by atoms with Crippen LogP contribution in [0.5, 0.6) is 0 Å². The van der Waals surface area contributed by atoms with Gasteiger partial charge in [0.1, 0.15) is 6.61 Å². The van der Waals surface area contributed by atoms with E-state index >= 15 is 0 Å². The predicted octanol–water partition coefficient (Wildman–Crippen LogP) is 2.57. The van der Waals surface area contributed by atoms with Crippen LogP contribution in [0.2, 0.25) is 0 Å². The summed E-state index contributed by atoms with van der Waals surface area (Å²) in [5.74, 6) is -1.07. The molecule has 0 saturated carbocycles. The highest BCUT2D eigenvalue weighted by atomic mass is 16.6. The van der Waals surface area contributed by atoms with E-state index in [2.05, 4.69) is 38.7 Å². The molecule has 0 aliphatic rings. The lowest BCUT2D eigenvalue weighted by atomic mass is 10.4. The van der Waals surface area contributed by atoms with Gasteiger partial charge in [-0.15, -0.1) is 0 Å². The lowest BCUT2D eigenvalue weighted by Gasteiger charge is -1.98. The van der Waals surface area contributed by atoms with E-state index in [-0.39, 0.29) is 11.9 Å². The minimum atomic E-state index is -0.410. The second-order valence-electron chi connectivity index (χ2n) is 3.87. The van der Waals surface area contributed by atoms with Gasteiger partial charge in [-0.3, -0.25) is 4.79 Å². The predicted molar refractivity (Wildman–Crippen MR) is 91.1 cm³/mol. The first-order valence-electron chi connectivity index (χ1n) is 7.24. The molecule has 138 valence electrons. The van der Waals surface area contributed by atoms with Gasteiger partial charge in [0.2, 0.25) is 0 Å². The first kappa shape index (κ1) is 26.5. The zero-order valence-electron chi connectivity index (χ0n) is 14.7. The van der Waals surface area contributed by atoms with Crippen LogP contribution in [0.15, 0.2) is 38.2 Å². The van der Waals surface area contributed by atoms with Crippen molar-refractivity contribution in [1.29, 1.82) is 0 Å². The molecule has 24 heavy (non-hydrogen) atoms. The summed E-state index contributed by atoms with van der Waals surface area (Å²) in [4.78, 5) is 30.4. The number of esters is 3. The molecule has 0 unspecified atom stereocenters. The summed E-state index contributed by atoms with van der Waals surface area (Å²) in [6, 6.07) is 0. The van der Waals surface area contributed by atoms with E-state index in [1.165, 1.54) is 13.0 Å². The minimum Gasteiger partial charge on any atom is -0.463 e. The third-order valence-corrected chi connectivity index (χ3v) is 1.86. The van der Waals surface area contributed by atoms with E-state index in [9.17, 15) is 14.4 Å². The highest BCUT2D eigenvalue weighted by Gasteiger charge is 1.92. The number of carbonyl (C=O) groups excluding carboxylic acids is 3. The van der Waals surface area contributed by atoms with E-state index in [4.69, 9.17) is 0 Å². The number of unbranched alkanes of at least 4 members (excludes halogenated alkanes) is 1. The summed E-state index contributed by atoms with van der Waals surface area (Å²) < 4.78 is 18.0. The summed E-state index contributed by atoms with van der Waals surface area (Å²) >= 11 is 0. The number of hydrogen-bond acceptors (Lipinski definition) is 7. The standard InChI is InChI=1S/C7H12O2.C6H10O3.C4H6O2/c1-3-5-6-9-7(8)4-2;1-3-6(7)9-5-4-8-2;1-3-6-4(2)5/h4H,2-3,5-6H2,1H3;3H,1,4-5H2,2H3;3H,1H2,2H3. The Bertz CT molecular complexity index is 349. The summed E-state index contributed by atoms with van der Waals surface area (Å²) in [7, 11) is 1.54. The van der Waals surface area contributed by atoms with Gasteiger partial charge >= 0.3 is 17.9 Å². The van der Waals surface area contributed by atoms with Crippen molar-refractivity contribution >= 4 is 17.9 Å². The molecule has 0 heterocycles. The van der Waals surface area contributed by atoms with Crippen LogP contribution in [0, 0.1) is 0 Å². The van der Waals surface area contributed by atoms with Crippen molar-refractivity contribution in [3.63, 3.8) is 0 Å². The molecule has 0 saturated heterocycles. The molecule has 0 aromatic heterocycles. The molecule has 0 N–H and O–H groups in total. The molecule has 0 amide bonds. The molecule has 7 heteroatoms. The molecular weight excluding hydrogens is 316 g/mol. The molecule has 0 atom stereocenters. The highest BCUT2D eigenvalue weighted by Crippen LogP contribution is 1.88. The maximum absolute atomic E-state index is 10.3. The third-order valence-electron chi connectivity index (χ3n) is 1.86. The fourth-order valence-electron chi connectivity index (χ4n) is 0.778. The fraction of sp³-hybridized carbons (Fsp3) is 0.471. The Kier molecular flexibility index (Phi) is 25.2. The molecule has 0 radical (unpaired) electrons. The second kappa shape index (κ2) is 22.9. The lowest BCUT2D eigenvalue weighted by Crippen LogP contribution is -2.06. The monoisotopic (exact) mass is 344 g/mol. The number of hydrogen-bond donors (Lipinski definition) is 0. The molecule has 7 nitrogen and oxygen atoms in total. The Labute approximate surface area is 143 Å². The third kappa shape index (κ3) is 31.8. The smallest absolute Gasteiger partial charge is 0.330 e. The molecular formula is C17H28O7. The Balaban J connectivity index is -0.000000282. The molecule has 0 rings (SSSR count). The van der Waals surface area contributed by atoms with Crippen molar-refractivity contribution in [1.82, 2.24) is 0 Å². The topological polar surface area (TPSA) is 88.1 Å². The van der Waals surface area contributed by atoms with Gasteiger partial charge < -0.3 is 18.9 Å². The van der Waals surface area contributed by atoms with E-state index in [1.807, 2.05) is 6.92 Å². The summed E-state index contributed by atoms with van der Waals surface area (Å²) in [6.45, 7) is 14.2. The first-order chi connectivity index (χ1) is 11.4. The molecule has 0 bridgehead atoms. The van der Waals surface area contributed by atoms with Crippen LogP contribution in [-0.2, 0) is 33.3 Å². The van der Waals surface area contributed by atoms with E-state index in [0.29, 0.717) is 19.8 Å². The number of methoxy groups -OCH3 is 1. The Hall–Kier alpha value is -2.41. The van der Waals surface area contributed by atoms with E-state index < -0.39 is 5.97 Å². The lowest BCUT2D eigenvalue weighted by molar-refractivity contribution is -0.139. The molecule has 0 spiro atoms. The molecule has 0 aliphatic heterocycles. The Morgan fingerprint density at radius 1 is 0.917 bits per heavy atom. The molecule has 0 aromatic rings. The van der Waals surface area contributed by atoms with Crippen molar-refractivity contribution in [3.8, 4) is 0 Å². The van der Waals surface area contributed by atoms with Crippen LogP contribution in [0.1, 0.15) is 26.7 Å². The average Bonchev–Trinajstić information content (AvgIpc) is 2.56. The van der Waals surface area contributed by atoms with Crippen molar-refractivity contribution in [2.24, 2.45) is 0 Å². The van der Waals surface area contributed by atoms with Gasteiger partial charge in [-0.1, -0.05) is 33.1 Å². The van der Waals surface area contributed by atoms with E-state index in [0.717, 1.165) is 25.2 Å². The van der Waals surface area contributed by atoms with Crippen LogP contribution in [0.25, 0.3) is 0 Å². The van der Waals surface area contributed by atoms with Crippen LogP contribution in [-0.4, -0.2) is 44.8 Å². The van der Waals surface area contributed by atoms with Gasteiger partial charge in [-0.2, -0.15) is 0 Å². The largest absolute Gasteiger partial charge is 0.463 e. The van der Waals surface area contributed by atoms with Gasteiger partial charge in [-0.05, 0) is 6.42 Å². The number of ether oxygens (including phenoxy) is 4. The van der Waals surface area contributed by atoms with Crippen molar-refractivity contribution in [2.75, 3.05) is 26.9 Å². The van der Waals surface area contributed by atoms with Gasteiger partial charge in [0.15, 0.2) is 0 Å². The first-order valence-corrected chi connectivity index (χ1v) is 7.24. The quantitative estimate of drug-likeness (QED) is 0.209. The second-order valence-corrected chi connectivity index (χ2v) is 3.87. The fourth-order valence-corrected chi connectivity index (χ4v) is 0.778. The van der Waals surface area contributed by atoms with Gasteiger partial charge in [0.25, 0.3) is 0 Å². The number of rotatable bonds is 9. The Morgan fingerprint density at radius 2 is 1.42 bits per heavy atom. The zero-order valence-corrected chi connectivity index (χ0v) is 14.7. The average molecular weight is 344 g/mol. The maximum atomic E-state index is 10.3. The highest BCUT2D eigenvalue weighted by molar-refractivity contribution is 5.81. The van der Waals surface area contributed by atoms with Gasteiger partial charge in [-0.25, -0.2) is 9.59 Å². The van der Waals surface area contributed by atoms with Gasteiger partial charge in [0.05, 0.1) is 19.5 Å². The van der Waals surface area contributed by atoms with Crippen molar-refractivity contribution in [2.45, 2.75) is 26.7 Å². The van der Waals surface area contributed by atoms with E-state index in [1.54, 1.807) is 7.11 Å². The zero-order chi connectivity index (χ0) is 19.2. The van der Waals surface area contributed by atoms with Crippen LogP contribution >= 0.6 is 0 Å². The number of carbonyl (C=O) groups is 3. The van der Waals surface area contributed by atoms with Crippen LogP contribution < -0.4 is 0 Å². The van der Waals surface area contributed by atoms with Crippen LogP contribution in [0.4, 0.5) is 0 Å². The van der Waals surface area contributed by atoms with Crippen molar-refractivity contribution in [3.05, 3.63) is 38.2 Å². The van der Waals surface area contributed by atoms with Gasteiger partial charge in [0, 0.05) is 26.2 Å². The minimum absolute atomic E-state index is 0.293. The van der Waals surface area contributed by atoms with Crippen molar-refractivity contribution < 1.29 is 33.3 Å². The molecule has 0 aliphatic carbocycles. The normalized spacial score (nSPS) is 8.12. The Morgan fingerprint density at radius 3 is 1.71 bits per heavy atom. The maximum Gasteiger partial charge on any atom is 0.330 e. The summed E-state index contributed by atoms with van der Waals surface area (Å²) in [5.41, 5.74) is 0. The van der Waals surface area contributed by atoms with Crippen LogP contribution in [0.3, 0.4) is 0 Å². The molecule has 0 aromatic carbocycles. The SMILES string of the molecule is C=CC(=O)OCCCC.C=CC(=O)OCCOC.C=COC(C)=O. The molecule has 0 fully saturated rings. The summed E-state index contributed by atoms with van der Waals surface area (Å²) in [5, 5.41) is 0.